The maximum atomic E-state index is 2.55. The molecule has 1 saturated carbocycles. The summed E-state index contributed by atoms with van der Waals surface area (Å²) in [5.41, 5.74) is 3.72. The second kappa shape index (κ2) is 5.38. The van der Waals surface area contributed by atoms with Crippen LogP contribution in [0.3, 0.4) is 0 Å². The fourth-order valence-electron chi connectivity index (χ4n) is 4.34. The van der Waals surface area contributed by atoms with Gasteiger partial charge in [0, 0.05) is 9.13 Å². The third-order valence-electron chi connectivity index (χ3n) is 5.69. The van der Waals surface area contributed by atoms with Crippen molar-refractivity contribution in [2.75, 3.05) is 20.6 Å². The normalized spacial score (nSPS) is 27.0. The van der Waals surface area contributed by atoms with Crippen LogP contribution in [0.15, 0.2) is 35.9 Å². The minimum absolute atomic E-state index is 0.548. The molecule has 1 nitrogen and oxygen atoms in total. The highest BCUT2D eigenvalue weighted by atomic mass is 127. The number of benzene rings is 1. The van der Waals surface area contributed by atoms with Gasteiger partial charge in [-0.05, 0) is 70.4 Å². The van der Waals surface area contributed by atoms with Crippen LogP contribution in [0.5, 0.6) is 0 Å². The number of nitrogens with zero attached hydrogens (tertiary/aromatic N) is 1. The van der Waals surface area contributed by atoms with Gasteiger partial charge in [-0.1, -0.05) is 32.1 Å². The summed E-state index contributed by atoms with van der Waals surface area (Å²) in [6.45, 7) is 7.26. The fraction of sp³-hybridized carbons (Fsp3) is 0.579. The molecule has 2 heteroatoms. The molecule has 21 heavy (non-hydrogen) atoms. The van der Waals surface area contributed by atoms with Gasteiger partial charge in [0.25, 0.3) is 0 Å². The average molecular weight is 396 g/mol. The number of fused-ring (bicyclic) bond motifs is 1. The van der Waals surface area contributed by atoms with Crippen molar-refractivity contribution in [2.24, 2.45) is 17.3 Å². The lowest BCUT2D eigenvalue weighted by Crippen LogP contribution is -2.52. The standard InChI is InChI=1S/C19H27IN/c1-19(2)16-9-8-15(18(19)11-16)13-21(3,4)12-14-6-5-7-17(20)10-14/h5-8,10,16,18H,9,11-13H2,1-4H3/q+1/t16-,18-/m0/s1. The van der Waals surface area contributed by atoms with Crippen LogP contribution in [0.4, 0.5) is 0 Å². The van der Waals surface area contributed by atoms with Crippen LogP contribution in [-0.4, -0.2) is 25.1 Å². The highest BCUT2D eigenvalue weighted by Gasteiger charge is 2.52. The monoisotopic (exact) mass is 396 g/mol. The van der Waals surface area contributed by atoms with Crippen LogP contribution in [0.1, 0.15) is 32.3 Å². The maximum Gasteiger partial charge on any atom is 0.104 e. The lowest BCUT2D eigenvalue weighted by molar-refractivity contribution is -0.899. The zero-order valence-electron chi connectivity index (χ0n) is 13.7. The summed E-state index contributed by atoms with van der Waals surface area (Å²) >= 11 is 2.41. The van der Waals surface area contributed by atoms with Gasteiger partial charge in [0.15, 0.2) is 0 Å². The summed E-state index contributed by atoms with van der Waals surface area (Å²) in [6, 6.07) is 8.93. The zero-order chi connectivity index (χ0) is 15.3. The molecule has 114 valence electrons. The van der Waals surface area contributed by atoms with Crippen molar-refractivity contribution in [2.45, 2.75) is 33.2 Å². The van der Waals surface area contributed by atoms with Crippen molar-refractivity contribution in [1.82, 2.24) is 0 Å². The Morgan fingerprint density at radius 2 is 2.00 bits per heavy atom. The van der Waals surface area contributed by atoms with Crippen LogP contribution in [0, 0.1) is 20.8 Å². The molecular formula is C19H27IN+. The van der Waals surface area contributed by atoms with E-state index in [0.29, 0.717) is 5.41 Å². The van der Waals surface area contributed by atoms with E-state index in [4.69, 9.17) is 0 Å². The third kappa shape index (κ3) is 3.07. The van der Waals surface area contributed by atoms with Gasteiger partial charge in [-0.15, -0.1) is 0 Å². The molecule has 0 spiro atoms. The number of likely N-dealkylation sites (N-methyl/N-ethyl adjacent to an activating group) is 1. The van der Waals surface area contributed by atoms with Crippen LogP contribution in [-0.2, 0) is 6.54 Å². The molecule has 0 unspecified atom stereocenters. The Morgan fingerprint density at radius 1 is 1.24 bits per heavy atom. The Labute approximate surface area is 143 Å². The van der Waals surface area contributed by atoms with E-state index in [1.165, 1.54) is 28.5 Å². The predicted molar refractivity (Wildman–Crippen MR) is 97.9 cm³/mol. The van der Waals surface area contributed by atoms with Crippen LogP contribution < -0.4 is 0 Å². The van der Waals surface area contributed by atoms with Crippen molar-refractivity contribution in [3.63, 3.8) is 0 Å². The molecule has 1 fully saturated rings. The molecule has 3 aliphatic rings. The van der Waals surface area contributed by atoms with E-state index in [1.807, 2.05) is 0 Å². The molecule has 0 aromatic heterocycles. The van der Waals surface area contributed by atoms with Gasteiger partial charge in [0.2, 0.25) is 0 Å². The highest BCUT2D eigenvalue weighted by molar-refractivity contribution is 14.1. The molecule has 0 saturated heterocycles. The Balaban J connectivity index is 1.70. The molecule has 0 heterocycles. The van der Waals surface area contributed by atoms with E-state index in [0.717, 1.165) is 22.9 Å². The fourth-order valence-corrected chi connectivity index (χ4v) is 4.94. The summed E-state index contributed by atoms with van der Waals surface area (Å²) < 4.78 is 2.40. The number of allylic oxidation sites excluding steroid dienone is 1. The molecule has 2 bridgehead atoms. The first-order chi connectivity index (χ1) is 9.78. The zero-order valence-corrected chi connectivity index (χ0v) is 15.9. The summed E-state index contributed by atoms with van der Waals surface area (Å²) in [7, 11) is 4.75. The molecule has 0 aliphatic heterocycles. The number of rotatable bonds is 4. The van der Waals surface area contributed by atoms with E-state index in [1.54, 1.807) is 5.57 Å². The van der Waals surface area contributed by atoms with Gasteiger partial charge in [0.05, 0.1) is 14.1 Å². The first-order valence-corrected chi connectivity index (χ1v) is 9.11. The van der Waals surface area contributed by atoms with E-state index in [-0.39, 0.29) is 0 Å². The second-order valence-corrected chi connectivity index (χ2v) is 9.45. The summed E-state index contributed by atoms with van der Waals surface area (Å²) in [4.78, 5) is 0. The lowest BCUT2D eigenvalue weighted by Gasteiger charge is -2.57. The number of hydrogen-bond acceptors (Lipinski definition) is 0. The summed E-state index contributed by atoms with van der Waals surface area (Å²) in [6.07, 6.45) is 5.29. The maximum absolute atomic E-state index is 2.55. The van der Waals surface area contributed by atoms with E-state index in [2.05, 4.69) is 80.9 Å². The SMILES string of the molecule is CC1(C)[C@H]2CC=C(C[N+](C)(C)Cc3cccc(I)c3)[C@@H]1C2. The van der Waals surface area contributed by atoms with E-state index in [9.17, 15) is 0 Å². The van der Waals surface area contributed by atoms with Crippen molar-refractivity contribution in [3.8, 4) is 0 Å². The molecule has 0 N–H and O–H groups in total. The van der Waals surface area contributed by atoms with Gasteiger partial charge in [0.1, 0.15) is 13.1 Å². The van der Waals surface area contributed by atoms with Gasteiger partial charge in [-0.3, -0.25) is 0 Å². The van der Waals surface area contributed by atoms with E-state index >= 15 is 0 Å². The van der Waals surface area contributed by atoms with Crippen molar-refractivity contribution >= 4 is 22.6 Å². The van der Waals surface area contributed by atoms with Gasteiger partial charge < -0.3 is 4.48 Å². The summed E-state index contributed by atoms with van der Waals surface area (Å²) in [5.74, 6) is 1.78. The Kier molecular flexibility index (Phi) is 3.98. The average Bonchev–Trinajstić information content (AvgIpc) is 2.37. The smallest absolute Gasteiger partial charge is 0.104 e. The second-order valence-electron chi connectivity index (χ2n) is 8.20. The largest absolute Gasteiger partial charge is 0.321 e. The van der Waals surface area contributed by atoms with Crippen molar-refractivity contribution in [1.29, 1.82) is 0 Å². The van der Waals surface area contributed by atoms with Crippen LogP contribution in [0.2, 0.25) is 0 Å². The van der Waals surface area contributed by atoms with E-state index < -0.39 is 0 Å². The number of halogens is 1. The minimum atomic E-state index is 0.548. The topological polar surface area (TPSA) is 0 Å². The lowest BCUT2D eigenvalue weighted by atomic mass is 9.49. The Bertz CT molecular complexity index is 571. The molecule has 4 rings (SSSR count). The molecule has 0 radical (unpaired) electrons. The molecule has 0 amide bonds. The van der Waals surface area contributed by atoms with Crippen LogP contribution >= 0.6 is 22.6 Å². The third-order valence-corrected chi connectivity index (χ3v) is 6.36. The Hall–Kier alpha value is -0.350. The van der Waals surface area contributed by atoms with Crippen LogP contribution in [0.25, 0.3) is 0 Å². The van der Waals surface area contributed by atoms with Gasteiger partial charge >= 0.3 is 0 Å². The van der Waals surface area contributed by atoms with Crippen molar-refractivity contribution in [3.05, 3.63) is 45.0 Å². The van der Waals surface area contributed by atoms with Gasteiger partial charge in [-0.2, -0.15) is 0 Å². The highest BCUT2D eigenvalue weighted by Crippen LogP contribution is 2.59. The minimum Gasteiger partial charge on any atom is -0.321 e. The first-order valence-electron chi connectivity index (χ1n) is 8.03. The van der Waals surface area contributed by atoms with Gasteiger partial charge in [-0.25, -0.2) is 0 Å². The number of quaternary nitrogens is 1. The predicted octanol–water partition coefficient (Wildman–Crippen LogP) is 4.86. The molecule has 1 aromatic rings. The number of hydrogen-bond donors (Lipinski definition) is 0. The molecular weight excluding hydrogens is 369 g/mol. The first kappa shape index (κ1) is 15.5. The molecule has 2 atom stereocenters. The Morgan fingerprint density at radius 3 is 2.62 bits per heavy atom. The van der Waals surface area contributed by atoms with Crippen molar-refractivity contribution < 1.29 is 4.48 Å². The summed E-state index contributed by atoms with van der Waals surface area (Å²) in [5, 5.41) is 0. The molecule has 1 aromatic carbocycles. The quantitative estimate of drug-likeness (QED) is 0.387. The molecule has 3 aliphatic carbocycles.